The van der Waals surface area contributed by atoms with E-state index in [1.807, 2.05) is 51.4 Å². The van der Waals surface area contributed by atoms with Gasteiger partial charge in [-0.1, -0.05) is 43.7 Å². The first-order valence-corrected chi connectivity index (χ1v) is 13.8. The van der Waals surface area contributed by atoms with E-state index >= 15 is 0 Å². The second-order valence-corrected chi connectivity index (χ2v) is 9.72. The lowest BCUT2D eigenvalue weighted by molar-refractivity contribution is 0.102. The molecular weight excluding hydrogens is 526 g/mol. The van der Waals surface area contributed by atoms with Crippen molar-refractivity contribution < 1.29 is 28.5 Å². The van der Waals surface area contributed by atoms with Crippen molar-refractivity contribution in [2.24, 2.45) is 0 Å². The predicted octanol–water partition coefficient (Wildman–Crippen LogP) is 5.82. The average molecular weight is 566 g/mol. The van der Waals surface area contributed by atoms with Crippen LogP contribution in [0.1, 0.15) is 73.8 Å². The Bertz CT molecular complexity index is 1300. The number of hydrogen-bond donors (Lipinski definition) is 0. The number of hydrogen-bond acceptors (Lipinski definition) is 11. The molecule has 220 valence electrons. The van der Waals surface area contributed by atoms with Gasteiger partial charge in [-0.15, -0.1) is 0 Å². The Morgan fingerprint density at radius 2 is 1.71 bits per heavy atom. The van der Waals surface area contributed by atoms with Gasteiger partial charge in [0.15, 0.2) is 0 Å². The van der Waals surface area contributed by atoms with Crippen LogP contribution in [0, 0.1) is 6.92 Å². The van der Waals surface area contributed by atoms with Crippen LogP contribution in [-0.4, -0.2) is 60.1 Å². The number of carbonyl (C=O) groups excluding carboxylic acids is 2. The first-order chi connectivity index (χ1) is 19.7. The van der Waals surface area contributed by atoms with E-state index in [0.29, 0.717) is 30.0 Å². The van der Waals surface area contributed by atoms with Crippen LogP contribution in [-0.2, 0) is 22.3 Å². The normalized spacial score (nSPS) is 12.0. The number of rotatable bonds is 10. The third kappa shape index (κ3) is 10.0. The highest BCUT2D eigenvalue weighted by molar-refractivity contribution is 5.64. The molecule has 11 heteroatoms. The number of benzene rings is 1. The lowest BCUT2D eigenvalue weighted by Crippen LogP contribution is -2.18. The molecule has 1 fully saturated rings. The van der Waals surface area contributed by atoms with E-state index in [0.717, 1.165) is 54.6 Å². The van der Waals surface area contributed by atoms with Crippen molar-refractivity contribution in [1.29, 1.82) is 0 Å². The fraction of sp³-hybridized carbons (Fsp3) is 0.467. The molecule has 0 bridgehead atoms. The Labute approximate surface area is 241 Å². The number of anilines is 1. The minimum Gasteiger partial charge on any atom is -0.437 e. The molecule has 0 saturated heterocycles. The summed E-state index contributed by atoms with van der Waals surface area (Å²) in [6, 6.07) is 11.7. The standard InChI is InChI=1S/C16H16N2O3.C14H23N3O3/c1-20-16(19)21-15-10-13(12-7-8-12)17-14(18-15)9-11-5-3-2-4-6-11;1-6-8-9-11-10(3)15-13(17(4)5)16-12(11)20-14(18)19-7-2/h2-6,10,12H,7-9H2,1H3;6-9H2,1-5H3. The monoisotopic (exact) mass is 565 g/mol. The topological polar surface area (TPSA) is 126 Å². The molecule has 1 saturated carbocycles. The van der Waals surface area contributed by atoms with Crippen molar-refractivity contribution in [2.45, 2.75) is 65.2 Å². The second kappa shape index (κ2) is 15.5. The molecule has 1 aromatic carbocycles. The Balaban J connectivity index is 0.000000226. The van der Waals surface area contributed by atoms with Gasteiger partial charge in [0, 0.05) is 43.8 Å². The van der Waals surface area contributed by atoms with E-state index in [9.17, 15) is 9.59 Å². The third-order valence-electron chi connectivity index (χ3n) is 6.11. The van der Waals surface area contributed by atoms with E-state index in [2.05, 4.69) is 31.6 Å². The molecule has 41 heavy (non-hydrogen) atoms. The van der Waals surface area contributed by atoms with Crippen LogP contribution in [0.5, 0.6) is 11.8 Å². The van der Waals surface area contributed by atoms with Crippen molar-refractivity contribution in [3.63, 3.8) is 0 Å². The van der Waals surface area contributed by atoms with E-state index in [1.165, 1.54) is 7.11 Å². The highest BCUT2D eigenvalue weighted by Crippen LogP contribution is 2.39. The second-order valence-electron chi connectivity index (χ2n) is 9.72. The van der Waals surface area contributed by atoms with Gasteiger partial charge in [-0.25, -0.2) is 19.6 Å². The molecule has 0 N–H and O–H groups in total. The van der Waals surface area contributed by atoms with Crippen LogP contribution >= 0.6 is 0 Å². The fourth-order valence-corrected chi connectivity index (χ4v) is 3.82. The first kappa shape index (κ1) is 31.3. The molecular formula is C30H39N5O6. The van der Waals surface area contributed by atoms with Gasteiger partial charge in [0.05, 0.1) is 19.4 Å². The number of ether oxygens (including phenoxy) is 4. The molecule has 0 radical (unpaired) electrons. The molecule has 0 aliphatic heterocycles. The van der Waals surface area contributed by atoms with Gasteiger partial charge in [-0.2, -0.15) is 9.97 Å². The van der Waals surface area contributed by atoms with Gasteiger partial charge in [0.2, 0.25) is 17.7 Å². The smallest absolute Gasteiger partial charge is 0.437 e. The highest BCUT2D eigenvalue weighted by Gasteiger charge is 2.27. The zero-order chi connectivity index (χ0) is 29.8. The van der Waals surface area contributed by atoms with Crippen LogP contribution in [0.15, 0.2) is 36.4 Å². The van der Waals surface area contributed by atoms with Crippen LogP contribution < -0.4 is 14.4 Å². The molecule has 2 aromatic heterocycles. The molecule has 1 aliphatic carbocycles. The van der Waals surface area contributed by atoms with Crippen molar-refractivity contribution in [3.05, 3.63) is 64.7 Å². The molecule has 1 aliphatic rings. The van der Waals surface area contributed by atoms with Gasteiger partial charge in [-0.05, 0) is 45.1 Å². The van der Waals surface area contributed by atoms with Crippen molar-refractivity contribution >= 4 is 18.3 Å². The number of carbonyl (C=O) groups is 2. The summed E-state index contributed by atoms with van der Waals surface area (Å²) < 4.78 is 19.6. The molecule has 0 atom stereocenters. The Kier molecular flexibility index (Phi) is 11.8. The molecule has 4 rings (SSSR count). The minimum atomic E-state index is -0.763. The molecule has 0 amide bonds. The lowest BCUT2D eigenvalue weighted by Gasteiger charge is -2.16. The van der Waals surface area contributed by atoms with E-state index in [4.69, 9.17) is 14.2 Å². The summed E-state index contributed by atoms with van der Waals surface area (Å²) in [7, 11) is 4.96. The number of nitrogens with zero attached hydrogens (tertiary/aromatic N) is 5. The number of unbranched alkanes of at least 4 members (excludes halogenated alkanes) is 1. The number of aromatic nitrogens is 4. The Hall–Kier alpha value is -4.28. The zero-order valence-corrected chi connectivity index (χ0v) is 24.7. The van der Waals surface area contributed by atoms with Gasteiger partial charge in [-0.3, -0.25) is 0 Å². The third-order valence-corrected chi connectivity index (χ3v) is 6.11. The molecule has 3 aromatic rings. The van der Waals surface area contributed by atoms with E-state index in [1.54, 1.807) is 17.9 Å². The largest absolute Gasteiger partial charge is 0.515 e. The van der Waals surface area contributed by atoms with Crippen LogP contribution in [0.2, 0.25) is 0 Å². The van der Waals surface area contributed by atoms with Gasteiger partial charge >= 0.3 is 12.3 Å². The summed E-state index contributed by atoms with van der Waals surface area (Å²) in [4.78, 5) is 42.1. The maximum Gasteiger partial charge on any atom is 0.515 e. The predicted molar refractivity (Wildman–Crippen MR) is 154 cm³/mol. The van der Waals surface area contributed by atoms with Crippen LogP contribution in [0.25, 0.3) is 0 Å². The summed E-state index contributed by atoms with van der Waals surface area (Å²) in [6.07, 6.45) is 4.19. The minimum absolute atomic E-state index is 0.254. The summed E-state index contributed by atoms with van der Waals surface area (Å²) in [5.74, 6) is 2.19. The van der Waals surface area contributed by atoms with Gasteiger partial charge in [0.25, 0.3) is 0 Å². The zero-order valence-electron chi connectivity index (χ0n) is 24.7. The van der Waals surface area contributed by atoms with Crippen LogP contribution in [0.4, 0.5) is 15.5 Å². The van der Waals surface area contributed by atoms with Gasteiger partial charge < -0.3 is 23.8 Å². The summed E-state index contributed by atoms with van der Waals surface area (Å²) >= 11 is 0. The van der Waals surface area contributed by atoms with E-state index < -0.39 is 12.3 Å². The Morgan fingerprint density at radius 1 is 0.976 bits per heavy atom. The van der Waals surface area contributed by atoms with Crippen molar-refractivity contribution in [1.82, 2.24) is 19.9 Å². The average Bonchev–Trinajstić information content (AvgIpc) is 3.79. The molecule has 2 heterocycles. The maximum absolute atomic E-state index is 11.5. The number of methoxy groups -OCH3 is 1. The molecule has 0 spiro atoms. The molecule has 0 unspecified atom stereocenters. The summed E-state index contributed by atoms with van der Waals surface area (Å²) in [5.41, 5.74) is 3.76. The lowest BCUT2D eigenvalue weighted by atomic mass is 10.1. The highest BCUT2D eigenvalue weighted by atomic mass is 16.7. The maximum atomic E-state index is 11.5. The summed E-state index contributed by atoms with van der Waals surface area (Å²) in [6.45, 7) is 6.01. The molecule has 11 nitrogen and oxygen atoms in total. The first-order valence-electron chi connectivity index (χ1n) is 13.8. The van der Waals surface area contributed by atoms with Crippen molar-refractivity contribution in [3.8, 4) is 11.8 Å². The van der Waals surface area contributed by atoms with Crippen LogP contribution in [0.3, 0.4) is 0 Å². The van der Waals surface area contributed by atoms with E-state index in [-0.39, 0.29) is 12.5 Å². The summed E-state index contributed by atoms with van der Waals surface area (Å²) in [5, 5.41) is 0. The SMILES string of the molecule is CCCCc1c(C)nc(N(C)C)nc1OC(=O)OCC.COC(=O)Oc1cc(C2CC2)nc(Cc2ccccc2)n1. The number of aryl methyl sites for hydroxylation is 1. The fourth-order valence-electron chi connectivity index (χ4n) is 3.82. The van der Waals surface area contributed by atoms with Gasteiger partial charge in [0.1, 0.15) is 5.82 Å². The quantitative estimate of drug-likeness (QED) is 0.276. The van der Waals surface area contributed by atoms with Crippen molar-refractivity contribution in [2.75, 3.05) is 32.7 Å². The Morgan fingerprint density at radius 3 is 2.32 bits per heavy atom.